The minimum absolute atomic E-state index is 0.0640. The number of furan rings is 1. The van der Waals surface area contributed by atoms with E-state index in [2.05, 4.69) is 10.0 Å². The molecule has 0 spiro atoms. The van der Waals surface area contributed by atoms with E-state index >= 15 is 0 Å². The summed E-state index contributed by atoms with van der Waals surface area (Å²) >= 11 is 0. The number of carbonyl (C=O) groups is 1. The molecule has 1 aromatic heterocycles. The van der Waals surface area contributed by atoms with Crippen molar-refractivity contribution < 1.29 is 27.1 Å². The summed E-state index contributed by atoms with van der Waals surface area (Å²) in [7, 11) is -3.67. The molecule has 8 nitrogen and oxygen atoms in total. The number of sulfonamides is 1. The first-order valence-corrected chi connectivity index (χ1v) is 11.3. The molecule has 166 valence electrons. The Labute approximate surface area is 185 Å². The van der Waals surface area contributed by atoms with Crippen LogP contribution in [-0.4, -0.2) is 20.1 Å². The third kappa shape index (κ3) is 5.19. The highest BCUT2D eigenvalue weighted by molar-refractivity contribution is 7.89. The van der Waals surface area contributed by atoms with Gasteiger partial charge in [0, 0.05) is 31.7 Å². The van der Waals surface area contributed by atoms with Crippen molar-refractivity contribution in [2.45, 2.75) is 31.1 Å². The molecule has 2 N–H and O–H groups in total. The van der Waals surface area contributed by atoms with Crippen LogP contribution in [0.2, 0.25) is 0 Å². The fourth-order valence-corrected chi connectivity index (χ4v) is 4.07. The van der Waals surface area contributed by atoms with Gasteiger partial charge in [0.15, 0.2) is 11.5 Å². The molecule has 0 radical (unpaired) electrons. The van der Waals surface area contributed by atoms with Gasteiger partial charge in [-0.3, -0.25) is 4.79 Å². The first kappa shape index (κ1) is 21.7. The Kier molecular flexibility index (Phi) is 5.77. The van der Waals surface area contributed by atoms with E-state index in [9.17, 15) is 13.2 Å². The Bertz CT molecular complexity index is 1250. The molecular weight excluding hydrogens is 432 g/mol. The van der Waals surface area contributed by atoms with Crippen LogP contribution in [0.1, 0.15) is 25.2 Å². The molecule has 1 amide bonds. The molecule has 0 saturated carbocycles. The van der Waals surface area contributed by atoms with Gasteiger partial charge in [-0.05, 0) is 48.0 Å². The second-order valence-corrected chi connectivity index (χ2v) is 9.33. The Morgan fingerprint density at radius 1 is 1.03 bits per heavy atom. The number of fused-ring (bicyclic) bond motifs is 1. The molecule has 2 heterocycles. The zero-order valence-corrected chi connectivity index (χ0v) is 18.3. The first-order chi connectivity index (χ1) is 15.2. The van der Waals surface area contributed by atoms with E-state index in [1.54, 1.807) is 62.4 Å². The van der Waals surface area contributed by atoms with E-state index in [1.807, 2.05) is 0 Å². The minimum Gasteiger partial charge on any atom is -0.468 e. The average molecular weight is 455 g/mol. The molecule has 32 heavy (non-hydrogen) atoms. The highest BCUT2D eigenvalue weighted by Crippen LogP contribution is 2.40. The van der Waals surface area contributed by atoms with Crippen LogP contribution in [-0.2, 0) is 21.4 Å². The number of anilines is 1. The van der Waals surface area contributed by atoms with Crippen molar-refractivity contribution >= 4 is 27.7 Å². The van der Waals surface area contributed by atoms with E-state index in [0.29, 0.717) is 28.5 Å². The van der Waals surface area contributed by atoms with Crippen LogP contribution >= 0.6 is 0 Å². The van der Waals surface area contributed by atoms with Crippen LogP contribution in [0, 0.1) is 0 Å². The van der Waals surface area contributed by atoms with Gasteiger partial charge in [-0.2, -0.15) is 0 Å². The predicted octanol–water partition coefficient (Wildman–Crippen LogP) is 3.92. The van der Waals surface area contributed by atoms with Crippen molar-refractivity contribution in [1.29, 1.82) is 0 Å². The normalized spacial score (nSPS) is 14.6. The summed E-state index contributed by atoms with van der Waals surface area (Å²) in [5.41, 5.74) is 1.25. The lowest BCUT2D eigenvalue weighted by molar-refractivity contribution is -0.111. The van der Waals surface area contributed by atoms with E-state index in [0.717, 1.165) is 0 Å². The van der Waals surface area contributed by atoms with Gasteiger partial charge >= 0.3 is 0 Å². The number of hydrogen-bond donors (Lipinski definition) is 2. The summed E-state index contributed by atoms with van der Waals surface area (Å²) in [4.78, 5) is 12.4. The molecule has 0 saturated heterocycles. The van der Waals surface area contributed by atoms with Crippen molar-refractivity contribution in [3.05, 3.63) is 78.3 Å². The predicted molar refractivity (Wildman–Crippen MR) is 119 cm³/mol. The van der Waals surface area contributed by atoms with Gasteiger partial charge in [0.05, 0.1) is 17.7 Å². The molecule has 0 unspecified atom stereocenters. The second-order valence-electron chi connectivity index (χ2n) is 7.56. The fourth-order valence-electron chi connectivity index (χ4n) is 3.08. The summed E-state index contributed by atoms with van der Waals surface area (Å²) < 4.78 is 43.6. The smallest absolute Gasteiger partial charge is 0.248 e. The number of carbonyl (C=O) groups excluding carboxylic acids is 1. The number of hydrogen-bond acceptors (Lipinski definition) is 6. The highest BCUT2D eigenvalue weighted by atomic mass is 32.2. The lowest BCUT2D eigenvalue weighted by Gasteiger charge is -2.16. The van der Waals surface area contributed by atoms with Crippen molar-refractivity contribution in [2.75, 3.05) is 5.32 Å². The molecule has 0 fully saturated rings. The Morgan fingerprint density at radius 2 is 1.78 bits per heavy atom. The van der Waals surface area contributed by atoms with Gasteiger partial charge in [-0.15, -0.1) is 0 Å². The number of ether oxygens (including phenoxy) is 2. The summed E-state index contributed by atoms with van der Waals surface area (Å²) in [6.45, 7) is 3.67. The van der Waals surface area contributed by atoms with Gasteiger partial charge in [0.2, 0.25) is 21.7 Å². The van der Waals surface area contributed by atoms with Crippen LogP contribution in [0.4, 0.5) is 5.69 Å². The molecule has 0 atom stereocenters. The lowest BCUT2D eigenvalue weighted by Crippen LogP contribution is -2.29. The van der Waals surface area contributed by atoms with Crippen LogP contribution in [0.15, 0.2) is 76.2 Å². The Hall–Kier alpha value is -3.56. The third-order valence-corrected chi connectivity index (χ3v) is 5.97. The SMILES string of the molecule is CC1(C)Oc2ccc(NC(=O)C=Cc3ccc(S(=O)(=O)NCc4ccco4)cc3)cc2O1. The van der Waals surface area contributed by atoms with Crippen LogP contribution in [0.5, 0.6) is 11.5 Å². The molecule has 0 bridgehead atoms. The van der Waals surface area contributed by atoms with Crippen molar-refractivity contribution in [3.8, 4) is 11.5 Å². The minimum atomic E-state index is -3.67. The van der Waals surface area contributed by atoms with E-state index < -0.39 is 15.8 Å². The largest absolute Gasteiger partial charge is 0.468 e. The molecule has 1 aliphatic heterocycles. The van der Waals surface area contributed by atoms with E-state index in [-0.39, 0.29) is 17.3 Å². The van der Waals surface area contributed by atoms with Crippen molar-refractivity contribution in [2.24, 2.45) is 0 Å². The van der Waals surface area contributed by atoms with E-state index in [1.165, 1.54) is 24.5 Å². The average Bonchev–Trinajstić information content (AvgIpc) is 3.37. The maximum absolute atomic E-state index is 12.4. The molecule has 3 aromatic rings. The Morgan fingerprint density at radius 3 is 2.50 bits per heavy atom. The summed E-state index contributed by atoms with van der Waals surface area (Å²) in [6.07, 6.45) is 4.44. The number of benzene rings is 2. The molecule has 0 aliphatic carbocycles. The van der Waals surface area contributed by atoms with Crippen molar-refractivity contribution in [3.63, 3.8) is 0 Å². The summed E-state index contributed by atoms with van der Waals surface area (Å²) in [5.74, 6) is 0.635. The van der Waals surface area contributed by atoms with Gasteiger partial charge in [-0.25, -0.2) is 13.1 Å². The maximum atomic E-state index is 12.4. The Balaban J connectivity index is 1.35. The molecular formula is C23H22N2O6S. The zero-order chi connectivity index (χ0) is 22.8. The first-order valence-electron chi connectivity index (χ1n) is 9.83. The topological polar surface area (TPSA) is 107 Å². The highest BCUT2D eigenvalue weighted by Gasteiger charge is 2.31. The van der Waals surface area contributed by atoms with Gasteiger partial charge in [0.1, 0.15) is 5.76 Å². The van der Waals surface area contributed by atoms with E-state index in [4.69, 9.17) is 13.9 Å². The van der Waals surface area contributed by atoms with Gasteiger partial charge < -0.3 is 19.2 Å². The quantitative estimate of drug-likeness (QED) is 0.524. The second kappa shape index (κ2) is 8.52. The van der Waals surface area contributed by atoms with Crippen LogP contribution in [0.3, 0.4) is 0 Å². The van der Waals surface area contributed by atoms with Gasteiger partial charge in [0.25, 0.3) is 0 Å². The summed E-state index contributed by atoms with van der Waals surface area (Å²) in [5, 5.41) is 2.76. The van der Waals surface area contributed by atoms with Gasteiger partial charge in [-0.1, -0.05) is 12.1 Å². The molecule has 1 aliphatic rings. The maximum Gasteiger partial charge on any atom is 0.248 e. The fraction of sp³-hybridized carbons (Fsp3) is 0.174. The standard InChI is InChI=1S/C23H22N2O6S/c1-23(2)30-20-11-8-17(14-21(20)31-23)25-22(26)12-7-16-5-9-19(10-6-16)32(27,28)24-15-18-4-3-13-29-18/h3-14,24H,15H2,1-2H3,(H,25,26). The van der Waals surface area contributed by atoms with Crippen LogP contribution in [0.25, 0.3) is 6.08 Å². The zero-order valence-electron chi connectivity index (χ0n) is 17.5. The summed E-state index contributed by atoms with van der Waals surface area (Å²) in [6, 6.07) is 14.7. The monoisotopic (exact) mass is 454 g/mol. The number of amides is 1. The lowest BCUT2D eigenvalue weighted by atomic mass is 10.2. The van der Waals surface area contributed by atoms with Crippen molar-refractivity contribution in [1.82, 2.24) is 4.72 Å². The molecule has 2 aromatic carbocycles. The number of rotatable bonds is 7. The molecule has 4 rings (SSSR count). The van der Waals surface area contributed by atoms with Crippen LogP contribution < -0.4 is 19.5 Å². The molecule has 9 heteroatoms. The third-order valence-electron chi connectivity index (χ3n) is 4.56. The number of nitrogens with one attached hydrogen (secondary N) is 2.